The number of fused-ring (bicyclic) bond motifs is 1. The van der Waals surface area contributed by atoms with E-state index in [1.807, 2.05) is 0 Å². The second kappa shape index (κ2) is 4.07. The minimum Gasteiger partial charge on any atom is -0.396 e. The highest BCUT2D eigenvalue weighted by atomic mass is 16.2. The SMILES string of the molecule is CCn1cc(CCO)c2ccc(C)cc21. The van der Waals surface area contributed by atoms with E-state index in [1.165, 1.54) is 22.0 Å². The number of aliphatic hydroxyl groups excluding tert-OH is 1. The minimum absolute atomic E-state index is 0.219. The van der Waals surface area contributed by atoms with Crippen LogP contribution in [0.5, 0.6) is 0 Å². The number of aliphatic hydroxyl groups is 1. The first-order valence-electron chi connectivity index (χ1n) is 5.45. The molecule has 80 valence electrons. The highest BCUT2D eigenvalue weighted by Crippen LogP contribution is 2.23. The molecular weight excluding hydrogens is 186 g/mol. The number of aromatic nitrogens is 1. The molecule has 2 aromatic rings. The topological polar surface area (TPSA) is 25.2 Å². The predicted octanol–water partition coefficient (Wildman–Crippen LogP) is 2.50. The van der Waals surface area contributed by atoms with Crippen molar-refractivity contribution in [3.8, 4) is 0 Å². The lowest BCUT2D eigenvalue weighted by Gasteiger charge is -2.00. The Hall–Kier alpha value is -1.28. The summed E-state index contributed by atoms with van der Waals surface area (Å²) in [5.41, 5.74) is 3.81. The van der Waals surface area contributed by atoms with Gasteiger partial charge in [0, 0.05) is 30.3 Å². The Morgan fingerprint density at radius 1 is 1.33 bits per heavy atom. The van der Waals surface area contributed by atoms with Crippen LogP contribution in [0.2, 0.25) is 0 Å². The Bertz CT molecular complexity index is 471. The van der Waals surface area contributed by atoms with Gasteiger partial charge in [0.1, 0.15) is 0 Å². The van der Waals surface area contributed by atoms with Gasteiger partial charge >= 0.3 is 0 Å². The van der Waals surface area contributed by atoms with Crippen molar-refractivity contribution in [2.75, 3.05) is 6.61 Å². The van der Waals surface area contributed by atoms with E-state index in [1.54, 1.807) is 0 Å². The molecule has 0 atom stereocenters. The third kappa shape index (κ3) is 1.77. The van der Waals surface area contributed by atoms with Gasteiger partial charge < -0.3 is 9.67 Å². The summed E-state index contributed by atoms with van der Waals surface area (Å²) in [7, 11) is 0. The summed E-state index contributed by atoms with van der Waals surface area (Å²) < 4.78 is 2.24. The lowest BCUT2D eigenvalue weighted by atomic mass is 10.1. The van der Waals surface area contributed by atoms with Gasteiger partial charge in [-0.25, -0.2) is 0 Å². The van der Waals surface area contributed by atoms with E-state index in [4.69, 9.17) is 5.11 Å². The Morgan fingerprint density at radius 2 is 2.13 bits per heavy atom. The number of hydrogen-bond acceptors (Lipinski definition) is 1. The summed E-state index contributed by atoms with van der Waals surface area (Å²) in [4.78, 5) is 0. The summed E-state index contributed by atoms with van der Waals surface area (Å²) in [6, 6.07) is 6.49. The molecule has 0 bridgehead atoms. The van der Waals surface area contributed by atoms with Crippen molar-refractivity contribution < 1.29 is 5.11 Å². The van der Waals surface area contributed by atoms with Crippen molar-refractivity contribution in [1.29, 1.82) is 0 Å². The van der Waals surface area contributed by atoms with Crippen LogP contribution in [0, 0.1) is 6.92 Å². The van der Waals surface area contributed by atoms with E-state index < -0.39 is 0 Å². The molecule has 0 spiro atoms. The van der Waals surface area contributed by atoms with Crippen LogP contribution in [0.3, 0.4) is 0 Å². The molecule has 1 N–H and O–H groups in total. The molecule has 0 aliphatic rings. The van der Waals surface area contributed by atoms with Gasteiger partial charge in [0.05, 0.1) is 0 Å². The van der Waals surface area contributed by atoms with Crippen molar-refractivity contribution in [2.24, 2.45) is 0 Å². The number of rotatable bonds is 3. The summed E-state index contributed by atoms with van der Waals surface area (Å²) in [6.45, 7) is 5.45. The standard InChI is InChI=1S/C13H17NO/c1-3-14-9-11(6-7-15)12-5-4-10(2)8-13(12)14/h4-5,8-9,15H,3,6-7H2,1-2H3. The number of hydrogen-bond donors (Lipinski definition) is 1. The second-order valence-corrected chi connectivity index (χ2v) is 3.93. The molecule has 0 saturated carbocycles. The molecule has 2 nitrogen and oxygen atoms in total. The summed E-state index contributed by atoms with van der Waals surface area (Å²) in [6.07, 6.45) is 2.90. The molecule has 0 amide bonds. The number of benzene rings is 1. The fraction of sp³-hybridized carbons (Fsp3) is 0.385. The Balaban J connectivity index is 2.64. The maximum absolute atomic E-state index is 9.01. The van der Waals surface area contributed by atoms with E-state index in [2.05, 4.69) is 42.8 Å². The zero-order chi connectivity index (χ0) is 10.8. The van der Waals surface area contributed by atoms with Gasteiger partial charge in [-0.2, -0.15) is 0 Å². The van der Waals surface area contributed by atoms with Gasteiger partial charge in [0.25, 0.3) is 0 Å². The van der Waals surface area contributed by atoms with Crippen molar-refractivity contribution >= 4 is 10.9 Å². The molecule has 2 rings (SSSR count). The molecule has 2 heteroatoms. The first-order valence-corrected chi connectivity index (χ1v) is 5.45. The van der Waals surface area contributed by atoms with Crippen LogP contribution in [0.15, 0.2) is 24.4 Å². The fourth-order valence-electron chi connectivity index (χ4n) is 2.06. The van der Waals surface area contributed by atoms with Crippen molar-refractivity contribution in [3.63, 3.8) is 0 Å². The van der Waals surface area contributed by atoms with Crippen molar-refractivity contribution in [3.05, 3.63) is 35.5 Å². The van der Waals surface area contributed by atoms with Crippen LogP contribution < -0.4 is 0 Å². The summed E-state index contributed by atoms with van der Waals surface area (Å²) in [5.74, 6) is 0. The van der Waals surface area contributed by atoms with Crippen LogP contribution in [-0.2, 0) is 13.0 Å². The van der Waals surface area contributed by atoms with Crippen LogP contribution in [-0.4, -0.2) is 16.3 Å². The summed E-state index contributed by atoms with van der Waals surface area (Å²) >= 11 is 0. The van der Waals surface area contributed by atoms with E-state index in [0.29, 0.717) is 0 Å². The maximum atomic E-state index is 9.01. The van der Waals surface area contributed by atoms with Crippen LogP contribution in [0.25, 0.3) is 10.9 Å². The van der Waals surface area contributed by atoms with E-state index in [9.17, 15) is 0 Å². The highest BCUT2D eigenvalue weighted by Gasteiger charge is 2.06. The average Bonchev–Trinajstić information content (AvgIpc) is 2.56. The number of nitrogens with zero attached hydrogens (tertiary/aromatic N) is 1. The molecule has 1 aromatic heterocycles. The highest BCUT2D eigenvalue weighted by molar-refractivity contribution is 5.84. The van der Waals surface area contributed by atoms with Gasteiger partial charge in [0.2, 0.25) is 0 Å². The minimum atomic E-state index is 0.219. The molecule has 0 radical (unpaired) electrons. The first kappa shape index (κ1) is 10.2. The third-order valence-corrected chi connectivity index (χ3v) is 2.84. The quantitative estimate of drug-likeness (QED) is 0.814. The zero-order valence-corrected chi connectivity index (χ0v) is 9.33. The van der Waals surface area contributed by atoms with Crippen LogP contribution in [0.4, 0.5) is 0 Å². The molecule has 0 aliphatic carbocycles. The van der Waals surface area contributed by atoms with Crippen molar-refractivity contribution in [2.45, 2.75) is 26.8 Å². The van der Waals surface area contributed by atoms with Gasteiger partial charge in [-0.3, -0.25) is 0 Å². The van der Waals surface area contributed by atoms with E-state index >= 15 is 0 Å². The summed E-state index contributed by atoms with van der Waals surface area (Å²) in [5, 5.41) is 10.3. The van der Waals surface area contributed by atoms with Gasteiger partial charge in [0.15, 0.2) is 0 Å². The average molecular weight is 203 g/mol. The van der Waals surface area contributed by atoms with Gasteiger partial charge in [-0.05, 0) is 37.5 Å². The molecular formula is C13H17NO. The normalized spacial score (nSPS) is 11.1. The molecule has 0 fully saturated rings. The second-order valence-electron chi connectivity index (χ2n) is 3.93. The first-order chi connectivity index (χ1) is 7.26. The molecule has 0 aliphatic heterocycles. The number of aryl methyl sites for hydroxylation is 2. The van der Waals surface area contributed by atoms with Gasteiger partial charge in [-0.15, -0.1) is 0 Å². The smallest absolute Gasteiger partial charge is 0.0485 e. The lowest BCUT2D eigenvalue weighted by molar-refractivity contribution is 0.300. The lowest BCUT2D eigenvalue weighted by Crippen LogP contribution is -1.91. The largest absolute Gasteiger partial charge is 0.396 e. The monoisotopic (exact) mass is 203 g/mol. The Kier molecular flexibility index (Phi) is 2.78. The Labute approximate surface area is 90.2 Å². The van der Waals surface area contributed by atoms with E-state index in [-0.39, 0.29) is 6.61 Å². The predicted molar refractivity (Wildman–Crippen MR) is 63.1 cm³/mol. The molecule has 1 aromatic carbocycles. The maximum Gasteiger partial charge on any atom is 0.0485 e. The molecule has 0 unspecified atom stereocenters. The zero-order valence-electron chi connectivity index (χ0n) is 9.33. The third-order valence-electron chi connectivity index (χ3n) is 2.84. The molecule has 1 heterocycles. The fourth-order valence-corrected chi connectivity index (χ4v) is 2.06. The van der Waals surface area contributed by atoms with Crippen molar-refractivity contribution in [1.82, 2.24) is 4.57 Å². The van der Waals surface area contributed by atoms with Crippen LogP contribution in [0.1, 0.15) is 18.1 Å². The van der Waals surface area contributed by atoms with Gasteiger partial charge in [-0.1, -0.05) is 12.1 Å². The molecule has 15 heavy (non-hydrogen) atoms. The van der Waals surface area contributed by atoms with Crippen LogP contribution >= 0.6 is 0 Å². The Morgan fingerprint density at radius 3 is 2.80 bits per heavy atom. The van der Waals surface area contributed by atoms with E-state index in [0.717, 1.165) is 13.0 Å². The molecule has 0 saturated heterocycles.